The third-order valence-electron chi connectivity index (χ3n) is 5.61. The zero-order valence-electron chi connectivity index (χ0n) is 18.9. The van der Waals surface area contributed by atoms with E-state index in [2.05, 4.69) is 50.7 Å². The number of benzene rings is 2. The van der Waals surface area contributed by atoms with Crippen molar-refractivity contribution in [3.8, 4) is 5.75 Å². The van der Waals surface area contributed by atoms with E-state index in [4.69, 9.17) is 9.84 Å². The number of nitrogens with zero attached hydrogens (tertiary/aromatic N) is 3. The Morgan fingerprint density at radius 2 is 1.85 bits per heavy atom. The largest absolute Gasteiger partial charge is 0.495 e. The Morgan fingerprint density at radius 1 is 1.15 bits per heavy atom. The van der Waals surface area contributed by atoms with Crippen LogP contribution in [0.25, 0.3) is 0 Å². The number of carboxylic acids is 1. The van der Waals surface area contributed by atoms with Crippen LogP contribution in [-0.2, 0) is 16.6 Å². The molecule has 180 valence electrons. The molecule has 1 aromatic heterocycles. The van der Waals surface area contributed by atoms with Crippen LogP contribution in [0.15, 0.2) is 52.9 Å². The van der Waals surface area contributed by atoms with Crippen molar-refractivity contribution in [2.24, 2.45) is 0 Å². The van der Waals surface area contributed by atoms with E-state index in [0.717, 1.165) is 32.7 Å². The summed E-state index contributed by atoms with van der Waals surface area (Å²) in [4.78, 5) is 20.0. The molecule has 34 heavy (non-hydrogen) atoms. The van der Waals surface area contributed by atoms with Crippen LogP contribution >= 0.6 is 11.3 Å². The molecule has 0 atom stereocenters. The van der Waals surface area contributed by atoms with E-state index in [1.165, 1.54) is 53.2 Å². The van der Waals surface area contributed by atoms with Crippen molar-refractivity contribution in [2.45, 2.75) is 18.5 Å². The van der Waals surface area contributed by atoms with Crippen molar-refractivity contribution >= 4 is 38.1 Å². The number of carboxylic acid groups (broad SMARTS) is 1. The van der Waals surface area contributed by atoms with E-state index in [0.29, 0.717) is 5.13 Å². The van der Waals surface area contributed by atoms with Crippen LogP contribution in [0.3, 0.4) is 0 Å². The van der Waals surface area contributed by atoms with Crippen LogP contribution in [0.1, 0.15) is 21.5 Å². The van der Waals surface area contributed by atoms with Crippen LogP contribution in [0, 0.1) is 6.92 Å². The molecule has 11 heteroatoms. The van der Waals surface area contributed by atoms with Gasteiger partial charge >= 0.3 is 5.97 Å². The molecule has 0 saturated carbocycles. The van der Waals surface area contributed by atoms with Gasteiger partial charge in [0, 0.05) is 38.1 Å². The molecule has 1 saturated heterocycles. The lowest BCUT2D eigenvalue weighted by atomic mass is 10.1. The van der Waals surface area contributed by atoms with E-state index in [-0.39, 0.29) is 22.0 Å². The minimum atomic E-state index is -3.97. The highest BCUT2D eigenvalue weighted by molar-refractivity contribution is 7.92. The molecule has 9 nitrogen and oxygen atoms in total. The number of hydrogen-bond donors (Lipinski definition) is 2. The molecule has 4 rings (SSSR count). The van der Waals surface area contributed by atoms with Crippen LogP contribution in [0.5, 0.6) is 5.75 Å². The lowest BCUT2D eigenvalue weighted by Crippen LogP contribution is -2.46. The number of carbonyl (C=O) groups is 1. The van der Waals surface area contributed by atoms with Crippen molar-refractivity contribution in [1.82, 2.24) is 9.88 Å². The van der Waals surface area contributed by atoms with E-state index in [1.807, 2.05) is 0 Å². The molecular weight excluding hydrogens is 476 g/mol. The normalized spacial score (nSPS) is 14.7. The summed E-state index contributed by atoms with van der Waals surface area (Å²) >= 11 is 1.28. The standard InChI is InChI=1S/C23H26N4O5S2/c1-16-3-5-17(6-4-16)14-26-9-11-27(12-10-26)23-24-21(15-33-23)34(30,31)25-19-8-7-18(22(28)29)13-20(19)32-2/h3-8,13,15,25H,9-12,14H2,1-2H3,(H,28,29). The smallest absolute Gasteiger partial charge is 0.335 e. The van der Waals surface area contributed by atoms with Gasteiger partial charge in [-0.15, -0.1) is 11.3 Å². The first-order chi connectivity index (χ1) is 16.2. The maximum atomic E-state index is 12.9. The van der Waals surface area contributed by atoms with Crippen LogP contribution in [0.4, 0.5) is 10.8 Å². The second kappa shape index (κ2) is 10.00. The lowest BCUT2D eigenvalue weighted by molar-refractivity contribution is 0.0696. The second-order valence-electron chi connectivity index (χ2n) is 8.04. The average Bonchev–Trinajstić information content (AvgIpc) is 3.32. The molecule has 0 spiro atoms. The maximum absolute atomic E-state index is 12.9. The van der Waals surface area contributed by atoms with Gasteiger partial charge < -0.3 is 14.7 Å². The molecule has 2 N–H and O–H groups in total. The van der Waals surface area contributed by atoms with Gasteiger partial charge in [-0.05, 0) is 30.7 Å². The van der Waals surface area contributed by atoms with E-state index in [9.17, 15) is 13.2 Å². The highest BCUT2D eigenvalue weighted by atomic mass is 32.2. The quantitative estimate of drug-likeness (QED) is 0.483. The molecule has 0 radical (unpaired) electrons. The predicted octanol–water partition coefficient (Wildman–Crippen LogP) is 3.28. The minimum absolute atomic E-state index is 0.00253. The Bertz CT molecular complexity index is 1270. The number of aromatic nitrogens is 1. The van der Waals surface area contributed by atoms with Gasteiger partial charge in [-0.3, -0.25) is 9.62 Å². The van der Waals surface area contributed by atoms with Gasteiger partial charge in [-0.2, -0.15) is 8.42 Å². The molecule has 0 amide bonds. The number of thiazole rings is 1. The first-order valence-corrected chi connectivity index (χ1v) is 13.0. The van der Waals surface area contributed by atoms with Crippen molar-refractivity contribution in [3.63, 3.8) is 0 Å². The number of piperazine rings is 1. The Balaban J connectivity index is 1.40. The number of nitrogens with one attached hydrogen (secondary N) is 1. The van der Waals surface area contributed by atoms with Gasteiger partial charge in [0.2, 0.25) is 0 Å². The second-order valence-corrected chi connectivity index (χ2v) is 10.5. The van der Waals surface area contributed by atoms with Gasteiger partial charge in [0.1, 0.15) is 5.75 Å². The van der Waals surface area contributed by atoms with Gasteiger partial charge in [0.25, 0.3) is 10.0 Å². The fourth-order valence-electron chi connectivity index (χ4n) is 3.67. The first-order valence-electron chi connectivity index (χ1n) is 10.7. The number of aromatic carboxylic acids is 1. The molecule has 0 unspecified atom stereocenters. The number of sulfonamides is 1. The minimum Gasteiger partial charge on any atom is -0.495 e. The molecule has 2 heterocycles. The highest BCUT2D eigenvalue weighted by Gasteiger charge is 2.24. The summed E-state index contributed by atoms with van der Waals surface area (Å²) in [5.41, 5.74) is 2.66. The van der Waals surface area contributed by atoms with Gasteiger partial charge in [-0.1, -0.05) is 29.8 Å². The average molecular weight is 503 g/mol. The Morgan fingerprint density at radius 3 is 2.50 bits per heavy atom. The van der Waals surface area contributed by atoms with Gasteiger partial charge in [-0.25, -0.2) is 9.78 Å². The van der Waals surface area contributed by atoms with Crippen molar-refractivity contribution in [3.05, 3.63) is 64.5 Å². The third-order valence-corrected chi connectivity index (χ3v) is 7.91. The van der Waals surface area contributed by atoms with Crippen LogP contribution in [-0.4, -0.2) is 62.7 Å². The maximum Gasteiger partial charge on any atom is 0.335 e. The summed E-state index contributed by atoms with van der Waals surface area (Å²) in [6, 6.07) is 12.5. The Labute approximate surface area is 202 Å². The molecular formula is C23H26N4O5S2. The molecule has 3 aromatic rings. The lowest BCUT2D eigenvalue weighted by Gasteiger charge is -2.34. The third kappa shape index (κ3) is 5.49. The fourth-order valence-corrected chi connectivity index (χ4v) is 5.89. The Hall–Kier alpha value is -3.15. The summed E-state index contributed by atoms with van der Waals surface area (Å²) in [6.45, 7) is 6.21. The monoisotopic (exact) mass is 502 g/mol. The summed E-state index contributed by atoms with van der Waals surface area (Å²) in [7, 11) is -2.62. The summed E-state index contributed by atoms with van der Waals surface area (Å²) in [5.74, 6) is -1.01. The molecule has 1 aliphatic heterocycles. The zero-order chi connectivity index (χ0) is 24.3. The number of anilines is 2. The van der Waals surface area contributed by atoms with Gasteiger partial charge in [0.05, 0.1) is 18.4 Å². The number of methoxy groups -OCH3 is 1. The van der Waals surface area contributed by atoms with Crippen molar-refractivity contribution in [1.29, 1.82) is 0 Å². The molecule has 0 bridgehead atoms. The predicted molar refractivity (Wildman–Crippen MR) is 132 cm³/mol. The molecule has 2 aromatic carbocycles. The summed E-state index contributed by atoms with van der Waals surface area (Å²) in [6.07, 6.45) is 0. The zero-order valence-corrected chi connectivity index (χ0v) is 20.5. The molecule has 0 aliphatic carbocycles. The first kappa shape index (κ1) is 24.0. The number of rotatable bonds is 8. The van der Waals surface area contributed by atoms with Gasteiger partial charge in [0.15, 0.2) is 10.2 Å². The SMILES string of the molecule is COc1cc(C(=O)O)ccc1NS(=O)(=O)c1csc(N2CCN(Cc3ccc(C)cc3)CC2)n1. The van der Waals surface area contributed by atoms with Crippen LogP contribution < -0.4 is 14.4 Å². The number of aryl methyl sites for hydroxylation is 1. The fraction of sp³-hybridized carbons (Fsp3) is 0.304. The number of hydrogen-bond acceptors (Lipinski definition) is 8. The summed E-state index contributed by atoms with van der Waals surface area (Å²) in [5, 5.41) is 11.2. The Kier molecular flexibility index (Phi) is 7.05. The van der Waals surface area contributed by atoms with Crippen molar-refractivity contribution < 1.29 is 23.1 Å². The molecule has 1 aliphatic rings. The van der Waals surface area contributed by atoms with E-state index < -0.39 is 16.0 Å². The topological polar surface area (TPSA) is 112 Å². The number of ether oxygens (including phenoxy) is 1. The molecule has 1 fully saturated rings. The van der Waals surface area contributed by atoms with Crippen molar-refractivity contribution in [2.75, 3.05) is 42.9 Å². The highest BCUT2D eigenvalue weighted by Crippen LogP contribution is 2.30. The van der Waals surface area contributed by atoms with E-state index in [1.54, 1.807) is 0 Å². The summed E-state index contributed by atoms with van der Waals surface area (Å²) < 4.78 is 33.4. The van der Waals surface area contributed by atoms with Crippen LogP contribution in [0.2, 0.25) is 0 Å². The van der Waals surface area contributed by atoms with E-state index >= 15 is 0 Å².